The Balaban J connectivity index is 1.67. The molecule has 1 amide bonds. The molecule has 6 heteroatoms. The first-order valence-electron chi connectivity index (χ1n) is 8.73. The third-order valence-electron chi connectivity index (χ3n) is 4.62. The summed E-state index contributed by atoms with van der Waals surface area (Å²) >= 11 is 0. The van der Waals surface area contributed by atoms with Crippen LogP contribution in [-0.2, 0) is 9.53 Å². The van der Waals surface area contributed by atoms with E-state index < -0.39 is 0 Å². The quantitative estimate of drug-likeness (QED) is 0.853. The molecule has 2 aliphatic rings. The zero-order valence-corrected chi connectivity index (χ0v) is 14.7. The number of rotatable bonds is 3. The Labute approximate surface area is 152 Å². The van der Waals surface area contributed by atoms with Crippen LogP contribution in [-0.4, -0.2) is 61.4 Å². The molecule has 0 spiro atoms. The fourth-order valence-electron chi connectivity index (χ4n) is 3.24. The van der Waals surface area contributed by atoms with Crippen molar-refractivity contribution in [1.29, 1.82) is 0 Å². The van der Waals surface area contributed by atoms with E-state index in [0.29, 0.717) is 26.2 Å². The fourth-order valence-corrected chi connectivity index (χ4v) is 3.24. The number of para-hydroxylation sites is 3. The fraction of sp³-hybridized carbons (Fsp3) is 0.300. The number of methoxy groups -OCH3 is 1. The minimum absolute atomic E-state index is 0.0898. The number of hydrogen-bond acceptors (Lipinski definition) is 5. The third-order valence-corrected chi connectivity index (χ3v) is 4.62. The first-order valence-corrected chi connectivity index (χ1v) is 8.73. The van der Waals surface area contributed by atoms with Gasteiger partial charge in [0.1, 0.15) is 17.3 Å². The van der Waals surface area contributed by atoms with Crippen molar-refractivity contribution in [3.8, 4) is 11.5 Å². The molecule has 26 heavy (non-hydrogen) atoms. The van der Waals surface area contributed by atoms with Crippen molar-refractivity contribution in [2.24, 2.45) is 4.99 Å². The number of nitrogens with zero attached hydrogens (tertiary/aromatic N) is 3. The molecule has 1 fully saturated rings. The van der Waals surface area contributed by atoms with Crippen molar-refractivity contribution in [2.75, 3.05) is 39.9 Å². The van der Waals surface area contributed by atoms with Gasteiger partial charge in [-0.2, -0.15) is 0 Å². The van der Waals surface area contributed by atoms with Crippen LogP contribution in [0.15, 0.2) is 53.5 Å². The van der Waals surface area contributed by atoms with E-state index in [1.807, 2.05) is 58.3 Å². The van der Waals surface area contributed by atoms with E-state index in [4.69, 9.17) is 14.5 Å². The van der Waals surface area contributed by atoms with Crippen molar-refractivity contribution in [3.63, 3.8) is 0 Å². The van der Waals surface area contributed by atoms with Crippen molar-refractivity contribution >= 4 is 17.4 Å². The summed E-state index contributed by atoms with van der Waals surface area (Å²) < 4.78 is 11.2. The third kappa shape index (κ3) is 3.15. The number of hydrogen-bond donors (Lipinski definition) is 0. The summed E-state index contributed by atoms with van der Waals surface area (Å²) in [5.41, 5.74) is 1.68. The van der Waals surface area contributed by atoms with Gasteiger partial charge in [0.2, 0.25) is 5.91 Å². The number of carbonyl (C=O) groups excluding carboxylic acids is 1. The Hall–Kier alpha value is -2.86. The molecular weight excluding hydrogens is 330 g/mol. The Kier molecular flexibility index (Phi) is 4.58. The van der Waals surface area contributed by atoms with Crippen LogP contribution >= 0.6 is 0 Å². The van der Waals surface area contributed by atoms with Crippen LogP contribution in [0.25, 0.3) is 0 Å². The van der Waals surface area contributed by atoms with Crippen molar-refractivity contribution < 1.29 is 14.3 Å². The maximum atomic E-state index is 12.5. The molecule has 0 N–H and O–H groups in total. The molecule has 1 saturated heterocycles. The van der Waals surface area contributed by atoms with Gasteiger partial charge in [0, 0.05) is 26.7 Å². The normalized spacial score (nSPS) is 16.3. The van der Waals surface area contributed by atoms with E-state index in [1.54, 1.807) is 7.11 Å². The van der Waals surface area contributed by atoms with Gasteiger partial charge in [-0.1, -0.05) is 24.3 Å². The monoisotopic (exact) mass is 351 g/mol. The van der Waals surface area contributed by atoms with Gasteiger partial charge in [-0.25, -0.2) is 4.99 Å². The standard InChI is InChI=1S/C20H21N3O3/c1-25-13-12-22-10-11-23(14-19(22)24)20-15-6-2-4-8-17(15)26-18-9-5-3-7-16(18)21-20/h2-9H,10-14H2,1H3. The van der Waals surface area contributed by atoms with Gasteiger partial charge >= 0.3 is 0 Å². The summed E-state index contributed by atoms with van der Waals surface area (Å²) in [6, 6.07) is 15.5. The maximum absolute atomic E-state index is 12.5. The zero-order chi connectivity index (χ0) is 17.9. The van der Waals surface area contributed by atoms with E-state index in [1.165, 1.54) is 0 Å². The average Bonchev–Trinajstić information content (AvgIpc) is 2.83. The highest BCUT2D eigenvalue weighted by molar-refractivity contribution is 6.05. The van der Waals surface area contributed by atoms with Gasteiger partial charge in [-0.15, -0.1) is 0 Å². The molecule has 0 bridgehead atoms. The van der Waals surface area contributed by atoms with Gasteiger partial charge < -0.3 is 19.3 Å². The lowest BCUT2D eigenvalue weighted by molar-refractivity contribution is -0.135. The van der Waals surface area contributed by atoms with Gasteiger partial charge in [-0.3, -0.25) is 4.79 Å². The van der Waals surface area contributed by atoms with Crippen LogP contribution in [0, 0.1) is 0 Å². The number of fused-ring (bicyclic) bond motifs is 2. The maximum Gasteiger partial charge on any atom is 0.242 e. The molecule has 2 aromatic carbocycles. The minimum atomic E-state index is 0.0898. The number of amides is 1. The molecular formula is C20H21N3O3. The number of carbonyl (C=O) groups is 1. The summed E-state index contributed by atoms with van der Waals surface area (Å²) in [4.78, 5) is 21.3. The first-order chi connectivity index (χ1) is 12.8. The highest BCUT2D eigenvalue weighted by Crippen LogP contribution is 2.37. The van der Waals surface area contributed by atoms with E-state index in [-0.39, 0.29) is 5.91 Å². The van der Waals surface area contributed by atoms with Crippen LogP contribution in [0.3, 0.4) is 0 Å². The van der Waals surface area contributed by atoms with Gasteiger partial charge in [-0.05, 0) is 24.3 Å². The molecule has 0 saturated carbocycles. The van der Waals surface area contributed by atoms with E-state index >= 15 is 0 Å². The second-order valence-corrected chi connectivity index (χ2v) is 6.30. The largest absolute Gasteiger partial charge is 0.454 e. The molecule has 4 rings (SSSR count). The highest BCUT2D eigenvalue weighted by atomic mass is 16.5. The van der Waals surface area contributed by atoms with Gasteiger partial charge in [0.05, 0.1) is 18.7 Å². The Morgan fingerprint density at radius 2 is 1.85 bits per heavy atom. The van der Waals surface area contributed by atoms with E-state index in [9.17, 15) is 4.79 Å². The Morgan fingerprint density at radius 3 is 2.65 bits per heavy atom. The average molecular weight is 351 g/mol. The second-order valence-electron chi connectivity index (χ2n) is 6.30. The first kappa shape index (κ1) is 16.6. The predicted octanol–water partition coefficient (Wildman–Crippen LogP) is 2.66. The van der Waals surface area contributed by atoms with Crippen LogP contribution in [0.2, 0.25) is 0 Å². The molecule has 2 aliphatic heterocycles. The minimum Gasteiger partial charge on any atom is -0.454 e. The van der Waals surface area contributed by atoms with Crippen molar-refractivity contribution in [1.82, 2.24) is 9.80 Å². The topological polar surface area (TPSA) is 54.4 Å². The van der Waals surface area contributed by atoms with Crippen molar-refractivity contribution in [3.05, 3.63) is 54.1 Å². The molecule has 134 valence electrons. The summed E-state index contributed by atoms with van der Waals surface area (Å²) in [5.74, 6) is 2.35. The highest BCUT2D eigenvalue weighted by Gasteiger charge is 2.29. The Bertz CT molecular complexity index is 850. The smallest absolute Gasteiger partial charge is 0.242 e. The molecule has 0 aromatic heterocycles. The lowest BCUT2D eigenvalue weighted by atomic mass is 10.1. The summed E-state index contributed by atoms with van der Waals surface area (Å²) in [7, 11) is 1.65. The van der Waals surface area contributed by atoms with Crippen LogP contribution < -0.4 is 4.74 Å². The predicted molar refractivity (Wildman–Crippen MR) is 99.2 cm³/mol. The molecule has 0 atom stereocenters. The Morgan fingerprint density at radius 1 is 1.08 bits per heavy atom. The van der Waals surface area contributed by atoms with Crippen LogP contribution in [0.1, 0.15) is 5.56 Å². The van der Waals surface area contributed by atoms with Crippen molar-refractivity contribution in [2.45, 2.75) is 0 Å². The lowest BCUT2D eigenvalue weighted by Gasteiger charge is -2.36. The van der Waals surface area contributed by atoms with Gasteiger partial charge in [0.25, 0.3) is 0 Å². The number of benzene rings is 2. The molecule has 0 aliphatic carbocycles. The number of ether oxygens (including phenoxy) is 2. The number of amidine groups is 1. The van der Waals surface area contributed by atoms with Crippen LogP contribution in [0.4, 0.5) is 5.69 Å². The summed E-state index contributed by atoms with van der Waals surface area (Å²) in [6.45, 7) is 2.87. The SMILES string of the molecule is COCCN1CCN(C2=Nc3ccccc3Oc3ccccc32)CC1=O. The zero-order valence-electron chi connectivity index (χ0n) is 14.7. The van der Waals surface area contributed by atoms with Gasteiger partial charge in [0.15, 0.2) is 5.75 Å². The lowest BCUT2D eigenvalue weighted by Crippen LogP contribution is -2.53. The molecule has 0 unspecified atom stereocenters. The summed E-state index contributed by atoms with van der Waals surface area (Å²) in [5, 5.41) is 0. The number of aliphatic imine (C=N–C) groups is 1. The molecule has 2 aromatic rings. The van der Waals surface area contributed by atoms with Crippen LogP contribution in [0.5, 0.6) is 11.5 Å². The second kappa shape index (κ2) is 7.17. The molecule has 0 radical (unpaired) electrons. The molecule has 6 nitrogen and oxygen atoms in total. The van der Waals surface area contributed by atoms with E-state index in [2.05, 4.69) is 0 Å². The number of piperazine rings is 1. The molecule has 2 heterocycles. The summed E-state index contributed by atoms with van der Waals surface area (Å²) in [6.07, 6.45) is 0. The van der Waals surface area contributed by atoms with E-state index in [0.717, 1.165) is 35.1 Å².